The highest BCUT2D eigenvalue weighted by Crippen LogP contribution is 2.39. The van der Waals surface area contributed by atoms with E-state index in [0.717, 1.165) is 36.1 Å². The second-order valence-corrected chi connectivity index (χ2v) is 11.0. The molecule has 0 unspecified atom stereocenters. The molecular weight excluding hydrogens is 519 g/mol. The fourth-order valence-electron chi connectivity index (χ4n) is 6.23. The number of hydrogen-bond donors (Lipinski definition) is 1. The van der Waals surface area contributed by atoms with Crippen LogP contribution in [0.1, 0.15) is 65.7 Å². The number of pyridine rings is 2. The molecule has 212 valence electrons. The van der Waals surface area contributed by atoms with Crippen molar-refractivity contribution in [2.24, 2.45) is 11.7 Å². The third-order valence-corrected chi connectivity index (χ3v) is 8.36. The van der Waals surface area contributed by atoms with E-state index in [9.17, 15) is 9.18 Å². The van der Waals surface area contributed by atoms with Gasteiger partial charge in [0.2, 0.25) is 0 Å². The van der Waals surface area contributed by atoms with Gasteiger partial charge in [-0.15, -0.1) is 0 Å². The SMILES string of the molecule is CO[C@H]1[C@H](N)C[C@H](c2ccncc2CC(=O)c2ccc(F)c(-c3ccc(C4(F)CCOCC4)cc3F)n2)C[C@@H]1C. The van der Waals surface area contributed by atoms with Crippen molar-refractivity contribution in [1.82, 2.24) is 9.97 Å². The van der Waals surface area contributed by atoms with Gasteiger partial charge in [0.15, 0.2) is 5.78 Å². The summed E-state index contributed by atoms with van der Waals surface area (Å²) < 4.78 is 56.1. The first kappa shape index (κ1) is 28.4. The largest absolute Gasteiger partial charge is 0.381 e. The molecule has 2 aromatic heterocycles. The number of Topliss-reactive ketones (excluding diaryl/α,β-unsaturated/α-hetero) is 1. The second-order valence-electron chi connectivity index (χ2n) is 11.0. The molecule has 2 N–H and O–H groups in total. The molecule has 2 fully saturated rings. The molecule has 1 aliphatic carbocycles. The third kappa shape index (κ3) is 5.68. The molecule has 5 rings (SSSR count). The van der Waals surface area contributed by atoms with Gasteiger partial charge < -0.3 is 15.2 Å². The monoisotopic (exact) mass is 553 g/mol. The quantitative estimate of drug-likeness (QED) is 0.379. The molecule has 3 heterocycles. The molecule has 4 atom stereocenters. The lowest BCUT2D eigenvalue weighted by atomic mass is 9.73. The number of ketones is 1. The lowest BCUT2D eigenvalue weighted by Crippen LogP contribution is -2.45. The van der Waals surface area contributed by atoms with E-state index < -0.39 is 17.3 Å². The molecule has 0 bridgehead atoms. The van der Waals surface area contributed by atoms with E-state index in [1.165, 1.54) is 18.2 Å². The molecule has 1 saturated carbocycles. The van der Waals surface area contributed by atoms with Crippen molar-refractivity contribution in [3.63, 3.8) is 0 Å². The summed E-state index contributed by atoms with van der Waals surface area (Å²) in [6, 6.07) is 8.04. The average molecular weight is 554 g/mol. The van der Waals surface area contributed by atoms with Gasteiger partial charge in [-0.1, -0.05) is 13.0 Å². The number of benzene rings is 1. The fourth-order valence-corrected chi connectivity index (χ4v) is 6.23. The molecule has 1 aromatic carbocycles. The number of halogens is 3. The van der Waals surface area contributed by atoms with Crippen molar-refractivity contribution >= 4 is 5.78 Å². The number of carbonyl (C=O) groups excluding carboxylic acids is 1. The number of nitrogens with two attached hydrogens (primary N) is 1. The van der Waals surface area contributed by atoms with Crippen LogP contribution in [0.4, 0.5) is 13.2 Å². The van der Waals surface area contributed by atoms with Crippen LogP contribution in [0.15, 0.2) is 48.8 Å². The molecule has 6 nitrogen and oxygen atoms in total. The molecule has 1 saturated heterocycles. The summed E-state index contributed by atoms with van der Waals surface area (Å²) in [5.41, 5.74) is 6.21. The Balaban J connectivity index is 1.38. The lowest BCUT2D eigenvalue weighted by molar-refractivity contribution is -0.0116. The Bertz CT molecular complexity index is 1370. The molecule has 0 amide bonds. The summed E-state index contributed by atoms with van der Waals surface area (Å²) in [6.07, 6.45) is 5.17. The van der Waals surface area contributed by atoms with Gasteiger partial charge in [-0.25, -0.2) is 18.2 Å². The topological polar surface area (TPSA) is 87.3 Å². The van der Waals surface area contributed by atoms with Crippen LogP contribution in [-0.2, 0) is 21.6 Å². The van der Waals surface area contributed by atoms with Gasteiger partial charge >= 0.3 is 0 Å². The standard InChI is InChI=1S/C31H34F3N3O3/c1-18-13-19(14-26(35)30(18)39-2)22-7-10-36-17-20(22)15-28(38)27-6-5-24(32)29(37-27)23-4-3-21(16-25(23)33)31(34)8-11-40-12-9-31/h3-7,10,16-19,26,30H,8-9,11-15,35H2,1-2H3/t18-,19+,26+,30+/m0/s1. The van der Waals surface area contributed by atoms with E-state index in [2.05, 4.69) is 16.9 Å². The highest BCUT2D eigenvalue weighted by molar-refractivity contribution is 5.96. The van der Waals surface area contributed by atoms with Crippen molar-refractivity contribution in [1.29, 1.82) is 0 Å². The van der Waals surface area contributed by atoms with E-state index in [1.54, 1.807) is 19.5 Å². The van der Waals surface area contributed by atoms with Crippen molar-refractivity contribution in [2.45, 2.75) is 62.8 Å². The van der Waals surface area contributed by atoms with Gasteiger partial charge in [0.1, 0.15) is 28.7 Å². The summed E-state index contributed by atoms with van der Waals surface area (Å²) >= 11 is 0. The summed E-state index contributed by atoms with van der Waals surface area (Å²) in [6.45, 7) is 2.61. The number of nitrogens with zero attached hydrogens (tertiary/aromatic N) is 2. The first-order valence-corrected chi connectivity index (χ1v) is 13.7. The van der Waals surface area contributed by atoms with Crippen LogP contribution in [0.2, 0.25) is 0 Å². The smallest absolute Gasteiger partial charge is 0.185 e. The predicted molar refractivity (Wildman–Crippen MR) is 145 cm³/mol. The number of carbonyl (C=O) groups is 1. The Labute approximate surface area is 232 Å². The first-order valence-electron chi connectivity index (χ1n) is 13.7. The van der Waals surface area contributed by atoms with E-state index in [4.69, 9.17) is 15.2 Å². The van der Waals surface area contributed by atoms with Gasteiger partial charge in [0.05, 0.1) is 6.10 Å². The maximum Gasteiger partial charge on any atom is 0.185 e. The Morgan fingerprint density at radius 1 is 1.12 bits per heavy atom. The van der Waals surface area contributed by atoms with Gasteiger partial charge in [-0.3, -0.25) is 9.78 Å². The Kier molecular flexibility index (Phi) is 8.35. The number of methoxy groups -OCH3 is 1. The normalized spacial score (nSPS) is 24.6. The number of hydrogen-bond acceptors (Lipinski definition) is 6. The van der Waals surface area contributed by atoms with Crippen LogP contribution in [0.25, 0.3) is 11.3 Å². The van der Waals surface area contributed by atoms with Crippen LogP contribution in [0.3, 0.4) is 0 Å². The Hall–Kier alpha value is -3.14. The summed E-state index contributed by atoms with van der Waals surface area (Å²) in [4.78, 5) is 21.8. The molecule has 1 aliphatic heterocycles. The van der Waals surface area contributed by atoms with E-state index in [1.807, 2.05) is 6.07 Å². The first-order chi connectivity index (χ1) is 19.2. The van der Waals surface area contributed by atoms with Gasteiger partial charge in [-0.05, 0) is 71.7 Å². The zero-order valence-electron chi connectivity index (χ0n) is 22.7. The molecule has 9 heteroatoms. The predicted octanol–water partition coefficient (Wildman–Crippen LogP) is 5.68. The highest BCUT2D eigenvalue weighted by atomic mass is 19.1. The minimum absolute atomic E-state index is 0.00291. The van der Waals surface area contributed by atoms with E-state index in [-0.39, 0.29) is 84.8 Å². The molecule has 0 radical (unpaired) electrons. The Morgan fingerprint density at radius 3 is 2.60 bits per heavy atom. The van der Waals surface area contributed by atoms with E-state index in [0.29, 0.717) is 0 Å². The minimum atomic E-state index is -1.70. The van der Waals surface area contributed by atoms with Crippen LogP contribution in [0.5, 0.6) is 0 Å². The average Bonchev–Trinajstić information content (AvgIpc) is 2.94. The maximum atomic E-state index is 15.3. The summed E-state index contributed by atoms with van der Waals surface area (Å²) in [7, 11) is 1.67. The van der Waals surface area contributed by atoms with Gasteiger partial charge in [0.25, 0.3) is 0 Å². The number of aromatic nitrogens is 2. The lowest BCUT2D eigenvalue weighted by Gasteiger charge is -2.38. The molecular formula is C31H34F3N3O3. The molecule has 3 aromatic rings. The van der Waals surface area contributed by atoms with Crippen LogP contribution in [-0.4, -0.2) is 48.2 Å². The highest BCUT2D eigenvalue weighted by Gasteiger charge is 2.36. The Morgan fingerprint density at radius 2 is 1.90 bits per heavy atom. The molecule has 2 aliphatic rings. The van der Waals surface area contributed by atoms with E-state index >= 15 is 8.78 Å². The second kappa shape index (κ2) is 11.8. The van der Waals surface area contributed by atoms with Gasteiger partial charge in [-0.2, -0.15) is 0 Å². The molecule has 40 heavy (non-hydrogen) atoms. The fraction of sp³-hybridized carbons (Fsp3) is 0.452. The number of alkyl halides is 1. The van der Waals surface area contributed by atoms with Crippen LogP contribution < -0.4 is 5.73 Å². The van der Waals surface area contributed by atoms with Crippen molar-refractivity contribution < 1.29 is 27.4 Å². The maximum absolute atomic E-state index is 15.3. The summed E-state index contributed by atoms with van der Waals surface area (Å²) in [5.74, 6) is -1.54. The van der Waals surface area contributed by atoms with Crippen molar-refractivity contribution in [3.8, 4) is 11.3 Å². The van der Waals surface area contributed by atoms with Gasteiger partial charge in [0, 0.05) is 63.6 Å². The van der Waals surface area contributed by atoms with Crippen LogP contribution >= 0.6 is 0 Å². The number of rotatable bonds is 7. The van der Waals surface area contributed by atoms with Crippen molar-refractivity contribution in [2.75, 3.05) is 20.3 Å². The number of ether oxygens (including phenoxy) is 2. The molecule has 0 spiro atoms. The minimum Gasteiger partial charge on any atom is -0.381 e. The third-order valence-electron chi connectivity index (χ3n) is 8.36. The zero-order valence-corrected chi connectivity index (χ0v) is 22.7. The zero-order chi connectivity index (χ0) is 28.4. The summed E-state index contributed by atoms with van der Waals surface area (Å²) in [5, 5.41) is 0. The van der Waals surface area contributed by atoms with Crippen LogP contribution in [0, 0.1) is 17.6 Å². The van der Waals surface area contributed by atoms with Crippen molar-refractivity contribution in [3.05, 3.63) is 82.8 Å².